The van der Waals surface area contributed by atoms with Gasteiger partial charge in [-0.3, -0.25) is 0 Å². The number of aliphatic hydroxyl groups is 4. The van der Waals surface area contributed by atoms with Crippen LogP contribution in [0, 0.1) is 6.92 Å². The van der Waals surface area contributed by atoms with E-state index in [9.17, 15) is 15.3 Å². The normalized spacial score (nSPS) is 32.0. The topological polar surface area (TPSA) is 99.4 Å². The SMILES string of the molecule is Cc1ccc(C2O[C@H]([C@H](O)CO)[C@H](O)[C@H](CO)O2)cc1. The first-order chi connectivity index (χ1) is 9.56. The Morgan fingerprint density at radius 2 is 1.80 bits per heavy atom. The van der Waals surface area contributed by atoms with Crippen molar-refractivity contribution in [1.82, 2.24) is 0 Å². The molecule has 5 atom stereocenters. The maximum absolute atomic E-state index is 9.96. The van der Waals surface area contributed by atoms with Crippen molar-refractivity contribution in [2.24, 2.45) is 0 Å². The van der Waals surface area contributed by atoms with Crippen LogP contribution in [0.3, 0.4) is 0 Å². The number of aryl methyl sites for hydroxylation is 1. The van der Waals surface area contributed by atoms with Crippen molar-refractivity contribution in [2.75, 3.05) is 13.2 Å². The van der Waals surface area contributed by atoms with Gasteiger partial charge in [-0.2, -0.15) is 0 Å². The van der Waals surface area contributed by atoms with Crippen molar-refractivity contribution in [3.8, 4) is 0 Å². The molecule has 2 rings (SSSR count). The molecule has 1 fully saturated rings. The van der Waals surface area contributed by atoms with Crippen LogP contribution in [0.4, 0.5) is 0 Å². The molecular formula is C14H20O6. The van der Waals surface area contributed by atoms with Crippen molar-refractivity contribution in [3.63, 3.8) is 0 Å². The standard InChI is InChI=1S/C14H20O6/c1-8-2-4-9(5-3-8)14-19-11(7-16)12(18)13(20-14)10(17)6-15/h2-5,10-18H,6-7H2,1H3/t10-,11+,12-,13-,14?/m1/s1. The second-order valence-corrected chi connectivity index (χ2v) is 4.94. The van der Waals surface area contributed by atoms with Crippen LogP contribution in [0.15, 0.2) is 24.3 Å². The smallest absolute Gasteiger partial charge is 0.184 e. The maximum atomic E-state index is 9.96. The van der Waals surface area contributed by atoms with Gasteiger partial charge in [0.05, 0.1) is 13.2 Å². The molecule has 0 saturated carbocycles. The lowest BCUT2D eigenvalue weighted by Gasteiger charge is -2.40. The first-order valence-corrected chi connectivity index (χ1v) is 6.52. The van der Waals surface area contributed by atoms with Crippen LogP contribution in [0.5, 0.6) is 0 Å². The Balaban J connectivity index is 2.19. The van der Waals surface area contributed by atoms with Crippen LogP contribution >= 0.6 is 0 Å². The van der Waals surface area contributed by atoms with E-state index in [-0.39, 0.29) is 0 Å². The third kappa shape index (κ3) is 3.17. The molecule has 0 spiro atoms. The van der Waals surface area contributed by atoms with Crippen LogP contribution < -0.4 is 0 Å². The van der Waals surface area contributed by atoms with Crippen molar-refractivity contribution >= 4 is 0 Å². The molecule has 4 N–H and O–H groups in total. The van der Waals surface area contributed by atoms with E-state index in [4.69, 9.17) is 14.6 Å². The van der Waals surface area contributed by atoms with Gasteiger partial charge in [-0.1, -0.05) is 29.8 Å². The molecule has 0 aliphatic carbocycles. The van der Waals surface area contributed by atoms with E-state index in [0.29, 0.717) is 0 Å². The predicted octanol–water partition coefficient (Wildman–Crippen LogP) is -0.516. The molecule has 0 radical (unpaired) electrons. The molecule has 1 aromatic carbocycles. The summed E-state index contributed by atoms with van der Waals surface area (Å²) in [4.78, 5) is 0. The average Bonchev–Trinajstić information content (AvgIpc) is 2.47. The fourth-order valence-corrected chi connectivity index (χ4v) is 2.16. The summed E-state index contributed by atoms with van der Waals surface area (Å²) in [5, 5.41) is 37.9. The number of hydrogen-bond donors (Lipinski definition) is 4. The van der Waals surface area contributed by atoms with Crippen LogP contribution in [-0.4, -0.2) is 58.1 Å². The zero-order chi connectivity index (χ0) is 14.7. The van der Waals surface area contributed by atoms with E-state index >= 15 is 0 Å². The highest BCUT2D eigenvalue weighted by Crippen LogP contribution is 2.31. The van der Waals surface area contributed by atoms with Crippen LogP contribution in [0.25, 0.3) is 0 Å². The van der Waals surface area contributed by atoms with Crippen molar-refractivity contribution < 1.29 is 29.9 Å². The lowest BCUT2D eigenvalue weighted by atomic mass is 10.0. The van der Waals surface area contributed by atoms with Gasteiger partial charge in [0.25, 0.3) is 0 Å². The molecule has 6 nitrogen and oxygen atoms in total. The summed E-state index contributed by atoms with van der Waals surface area (Å²) >= 11 is 0. The second kappa shape index (κ2) is 6.62. The molecule has 20 heavy (non-hydrogen) atoms. The molecule has 1 aliphatic heterocycles. The summed E-state index contributed by atoms with van der Waals surface area (Å²) in [6, 6.07) is 7.40. The predicted molar refractivity (Wildman–Crippen MR) is 69.9 cm³/mol. The molecule has 6 heteroatoms. The molecule has 1 saturated heterocycles. The highest BCUT2D eigenvalue weighted by Gasteiger charge is 2.42. The number of ether oxygens (including phenoxy) is 2. The second-order valence-electron chi connectivity index (χ2n) is 4.94. The van der Waals surface area contributed by atoms with Crippen LogP contribution in [0.1, 0.15) is 17.4 Å². The monoisotopic (exact) mass is 284 g/mol. The molecule has 0 aromatic heterocycles. The number of rotatable bonds is 4. The molecule has 1 aromatic rings. The van der Waals surface area contributed by atoms with Gasteiger partial charge in [-0.05, 0) is 6.92 Å². The van der Waals surface area contributed by atoms with E-state index in [0.717, 1.165) is 11.1 Å². The van der Waals surface area contributed by atoms with Gasteiger partial charge in [0.1, 0.15) is 24.4 Å². The van der Waals surface area contributed by atoms with E-state index in [1.54, 1.807) is 0 Å². The molecular weight excluding hydrogens is 264 g/mol. The quantitative estimate of drug-likeness (QED) is 0.594. The van der Waals surface area contributed by atoms with E-state index in [1.807, 2.05) is 31.2 Å². The number of hydrogen-bond acceptors (Lipinski definition) is 6. The molecule has 0 bridgehead atoms. The Hall–Kier alpha value is -1.02. The highest BCUT2D eigenvalue weighted by molar-refractivity contribution is 5.22. The van der Waals surface area contributed by atoms with Gasteiger partial charge in [0.15, 0.2) is 6.29 Å². The highest BCUT2D eigenvalue weighted by atomic mass is 16.7. The summed E-state index contributed by atoms with van der Waals surface area (Å²) in [7, 11) is 0. The Kier molecular flexibility index (Phi) is 5.09. The number of benzene rings is 1. The summed E-state index contributed by atoms with van der Waals surface area (Å²) in [6.07, 6.45) is -5.14. The van der Waals surface area contributed by atoms with Gasteiger partial charge >= 0.3 is 0 Å². The minimum atomic E-state index is -1.24. The van der Waals surface area contributed by atoms with Gasteiger partial charge in [-0.15, -0.1) is 0 Å². The maximum Gasteiger partial charge on any atom is 0.184 e. The molecule has 112 valence electrons. The molecule has 1 heterocycles. The number of aliphatic hydroxyl groups excluding tert-OH is 4. The van der Waals surface area contributed by atoms with Gasteiger partial charge in [-0.25, -0.2) is 0 Å². The van der Waals surface area contributed by atoms with Gasteiger partial charge < -0.3 is 29.9 Å². The molecule has 0 amide bonds. The largest absolute Gasteiger partial charge is 0.394 e. The average molecular weight is 284 g/mol. The fraction of sp³-hybridized carbons (Fsp3) is 0.571. The van der Waals surface area contributed by atoms with Crippen molar-refractivity contribution in [3.05, 3.63) is 35.4 Å². The minimum absolute atomic E-state index is 0.401. The van der Waals surface area contributed by atoms with Crippen molar-refractivity contribution in [2.45, 2.75) is 37.6 Å². The Bertz CT molecular complexity index is 420. The fourth-order valence-electron chi connectivity index (χ4n) is 2.16. The summed E-state index contributed by atoms with van der Waals surface area (Å²) in [5.41, 5.74) is 1.80. The Morgan fingerprint density at radius 3 is 2.35 bits per heavy atom. The van der Waals surface area contributed by atoms with E-state index in [2.05, 4.69) is 0 Å². The molecule has 1 unspecified atom stereocenters. The van der Waals surface area contributed by atoms with Crippen LogP contribution in [-0.2, 0) is 9.47 Å². The first-order valence-electron chi connectivity index (χ1n) is 6.52. The lowest BCUT2D eigenvalue weighted by molar-refractivity contribution is -0.310. The first kappa shape index (κ1) is 15.4. The zero-order valence-electron chi connectivity index (χ0n) is 11.2. The third-order valence-electron chi connectivity index (χ3n) is 3.39. The Morgan fingerprint density at radius 1 is 1.15 bits per heavy atom. The van der Waals surface area contributed by atoms with Gasteiger partial charge in [0, 0.05) is 5.56 Å². The van der Waals surface area contributed by atoms with E-state index in [1.165, 1.54) is 0 Å². The zero-order valence-corrected chi connectivity index (χ0v) is 11.2. The Labute approximate surface area is 117 Å². The van der Waals surface area contributed by atoms with Crippen molar-refractivity contribution in [1.29, 1.82) is 0 Å². The third-order valence-corrected chi connectivity index (χ3v) is 3.39. The summed E-state index contributed by atoms with van der Waals surface area (Å²) in [6.45, 7) is 1.01. The summed E-state index contributed by atoms with van der Waals surface area (Å²) in [5.74, 6) is 0. The molecule has 1 aliphatic rings. The minimum Gasteiger partial charge on any atom is -0.394 e. The van der Waals surface area contributed by atoms with Gasteiger partial charge in [0.2, 0.25) is 0 Å². The summed E-state index contributed by atoms with van der Waals surface area (Å²) < 4.78 is 11.0. The van der Waals surface area contributed by atoms with E-state index < -0.39 is 43.9 Å². The van der Waals surface area contributed by atoms with Crippen LogP contribution in [0.2, 0.25) is 0 Å². The lowest BCUT2D eigenvalue weighted by Crippen LogP contribution is -2.54.